The van der Waals surface area contributed by atoms with Crippen molar-refractivity contribution in [3.05, 3.63) is 30.3 Å². The molecule has 1 N–H and O–H groups in total. The number of likely N-dealkylation sites (N-methyl/N-ethyl adjacent to an activating group) is 1. The van der Waals surface area contributed by atoms with Gasteiger partial charge in [-0.3, -0.25) is 9.59 Å². The summed E-state index contributed by atoms with van der Waals surface area (Å²) in [6, 6.07) is 7.82. The first-order valence-electron chi connectivity index (χ1n) is 9.88. The molecule has 1 aliphatic rings. The molecule has 2 atom stereocenters. The number of nitrogens with zero attached hydrogens (tertiary/aromatic N) is 2. The molecule has 2 unspecified atom stereocenters. The van der Waals surface area contributed by atoms with E-state index in [0.717, 1.165) is 0 Å². The van der Waals surface area contributed by atoms with Gasteiger partial charge in [0.25, 0.3) is 0 Å². The molecule has 2 amide bonds. The van der Waals surface area contributed by atoms with Gasteiger partial charge in [0, 0.05) is 45.1 Å². The molecule has 8 heteroatoms. The molecule has 1 saturated heterocycles. The minimum Gasteiger partial charge on any atom is -0.344 e. The van der Waals surface area contributed by atoms with Gasteiger partial charge >= 0.3 is 0 Å². The number of rotatable bonds is 6. The Labute approximate surface area is 168 Å². The molecule has 0 aliphatic carbocycles. The molecule has 0 saturated carbocycles. The molecule has 1 aromatic rings. The molecule has 2 rings (SSSR count). The van der Waals surface area contributed by atoms with Crippen LogP contribution < -0.4 is 4.72 Å². The maximum Gasteiger partial charge on any atom is 0.240 e. The maximum atomic E-state index is 12.7. The predicted octanol–water partition coefficient (Wildman–Crippen LogP) is 1.85. The van der Waals surface area contributed by atoms with Crippen molar-refractivity contribution in [3.63, 3.8) is 0 Å². The second-order valence-corrected chi connectivity index (χ2v) is 8.96. The molecule has 0 radical (unpaired) electrons. The van der Waals surface area contributed by atoms with Gasteiger partial charge in [-0.05, 0) is 38.8 Å². The fourth-order valence-corrected chi connectivity index (χ4v) is 4.87. The minimum atomic E-state index is -3.66. The van der Waals surface area contributed by atoms with Crippen LogP contribution in [0.3, 0.4) is 0 Å². The third-order valence-corrected chi connectivity index (χ3v) is 6.78. The smallest absolute Gasteiger partial charge is 0.240 e. The summed E-state index contributed by atoms with van der Waals surface area (Å²) in [5.74, 6) is -0.467. The summed E-state index contributed by atoms with van der Waals surface area (Å²) in [5, 5.41) is 0. The van der Waals surface area contributed by atoms with E-state index in [2.05, 4.69) is 4.72 Å². The predicted molar refractivity (Wildman–Crippen MR) is 108 cm³/mol. The van der Waals surface area contributed by atoms with E-state index in [4.69, 9.17) is 0 Å². The molecule has 1 aromatic carbocycles. The van der Waals surface area contributed by atoms with Crippen LogP contribution in [0.1, 0.15) is 39.5 Å². The van der Waals surface area contributed by atoms with Gasteiger partial charge in [0.1, 0.15) is 0 Å². The topological polar surface area (TPSA) is 86.8 Å². The van der Waals surface area contributed by atoms with Crippen LogP contribution in [0.2, 0.25) is 0 Å². The van der Waals surface area contributed by atoms with Crippen molar-refractivity contribution in [2.75, 3.05) is 26.7 Å². The quantitative estimate of drug-likeness (QED) is 0.777. The lowest BCUT2D eigenvalue weighted by molar-refractivity contribution is -0.140. The summed E-state index contributed by atoms with van der Waals surface area (Å²) in [5.41, 5.74) is 0. The Kier molecular flexibility index (Phi) is 8.00. The molecular weight excluding hydrogens is 378 g/mol. The third-order valence-electron chi connectivity index (χ3n) is 5.25. The molecule has 28 heavy (non-hydrogen) atoms. The zero-order valence-corrected chi connectivity index (χ0v) is 17.7. The van der Waals surface area contributed by atoms with E-state index in [1.807, 2.05) is 13.8 Å². The molecule has 7 nitrogen and oxygen atoms in total. The summed E-state index contributed by atoms with van der Waals surface area (Å²) in [4.78, 5) is 28.8. The molecule has 0 bridgehead atoms. The number of hydrogen-bond acceptors (Lipinski definition) is 4. The first-order valence-corrected chi connectivity index (χ1v) is 11.4. The van der Waals surface area contributed by atoms with Gasteiger partial charge in [0.05, 0.1) is 4.90 Å². The zero-order valence-electron chi connectivity index (χ0n) is 16.9. The Bertz CT molecular complexity index is 763. The Morgan fingerprint density at radius 2 is 1.82 bits per heavy atom. The van der Waals surface area contributed by atoms with Crippen LogP contribution in [-0.2, 0) is 19.6 Å². The Hall–Kier alpha value is -1.93. The lowest BCUT2D eigenvalue weighted by atomic mass is 9.96. The van der Waals surface area contributed by atoms with E-state index in [1.165, 1.54) is 4.90 Å². The van der Waals surface area contributed by atoms with Crippen molar-refractivity contribution in [1.82, 2.24) is 14.5 Å². The number of carbonyl (C=O) groups excluding carboxylic acids is 2. The Balaban J connectivity index is 2.12. The van der Waals surface area contributed by atoms with Gasteiger partial charge in [0.15, 0.2) is 0 Å². The number of amides is 2. The number of nitrogens with one attached hydrogen (secondary N) is 1. The number of benzene rings is 1. The Morgan fingerprint density at radius 1 is 1.18 bits per heavy atom. The fourth-order valence-electron chi connectivity index (χ4n) is 3.59. The van der Waals surface area contributed by atoms with Crippen LogP contribution in [0.25, 0.3) is 0 Å². The standard InChI is InChI=1S/C20H31N3O4S/c1-4-23(5-2)20(25)16-10-9-11-17(15-22(3)19(24)14-16)21-28(26,27)18-12-7-6-8-13-18/h6-8,12-13,16-17,21H,4-5,9-11,14-15H2,1-3H3. The molecule has 156 valence electrons. The van der Waals surface area contributed by atoms with Crippen molar-refractivity contribution in [3.8, 4) is 0 Å². The largest absolute Gasteiger partial charge is 0.344 e. The van der Waals surface area contributed by atoms with Crippen LogP contribution in [-0.4, -0.2) is 62.8 Å². The first-order chi connectivity index (χ1) is 13.3. The van der Waals surface area contributed by atoms with E-state index >= 15 is 0 Å². The van der Waals surface area contributed by atoms with Crippen molar-refractivity contribution in [2.45, 2.75) is 50.5 Å². The number of carbonyl (C=O) groups is 2. The Morgan fingerprint density at radius 3 is 2.43 bits per heavy atom. The van der Waals surface area contributed by atoms with E-state index < -0.39 is 10.0 Å². The molecule has 1 aliphatic heterocycles. The molecule has 0 spiro atoms. The van der Waals surface area contributed by atoms with Crippen molar-refractivity contribution in [2.24, 2.45) is 5.92 Å². The fraction of sp³-hybridized carbons (Fsp3) is 0.600. The second kappa shape index (κ2) is 10.0. The van der Waals surface area contributed by atoms with E-state index in [1.54, 1.807) is 42.3 Å². The molecular formula is C20H31N3O4S. The monoisotopic (exact) mass is 409 g/mol. The van der Waals surface area contributed by atoms with Crippen LogP contribution in [0.5, 0.6) is 0 Å². The lowest BCUT2D eigenvalue weighted by Gasteiger charge is -2.26. The highest BCUT2D eigenvalue weighted by Crippen LogP contribution is 2.21. The highest BCUT2D eigenvalue weighted by molar-refractivity contribution is 7.89. The van der Waals surface area contributed by atoms with Crippen molar-refractivity contribution < 1.29 is 18.0 Å². The number of hydrogen-bond donors (Lipinski definition) is 1. The number of sulfonamides is 1. The van der Waals surface area contributed by atoms with Gasteiger partial charge in [-0.25, -0.2) is 13.1 Å². The van der Waals surface area contributed by atoms with Gasteiger partial charge in [-0.15, -0.1) is 0 Å². The molecule has 1 fully saturated rings. The average molecular weight is 410 g/mol. The van der Waals surface area contributed by atoms with Crippen molar-refractivity contribution >= 4 is 21.8 Å². The summed E-state index contributed by atoms with van der Waals surface area (Å²) >= 11 is 0. The van der Waals surface area contributed by atoms with Gasteiger partial charge in [0.2, 0.25) is 21.8 Å². The van der Waals surface area contributed by atoms with Crippen LogP contribution in [0.4, 0.5) is 0 Å². The second-order valence-electron chi connectivity index (χ2n) is 7.25. The summed E-state index contributed by atoms with van der Waals surface area (Å²) < 4.78 is 28.0. The summed E-state index contributed by atoms with van der Waals surface area (Å²) in [7, 11) is -1.99. The van der Waals surface area contributed by atoms with Gasteiger partial charge in [-0.2, -0.15) is 0 Å². The third kappa shape index (κ3) is 5.78. The summed E-state index contributed by atoms with van der Waals surface area (Å²) in [6.45, 7) is 5.39. The maximum absolute atomic E-state index is 12.7. The highest BCUT2D eigenvalue weighted by atomic mass is 32.2. The van der Waals surface area contributed by atoms with Gasteiger partial charge in [-0.1, -0.05) is 24.6 Å². The normalized spacial score (nSPS) is 21.5. The van der Waals surface area contributed by atoms with E-state index in [0.29, 0.717) is 32.4 Å². The van der Waals surface area contributed by atoms with Crippen molar-refractivity contribution in [1.29, 1.82) is 0 Å². The molecule has 1 heterocycles. The first kappa shape index (κ1) is 22.4. The van der Waals surface area contributed by atoms with Gasteiger partial charge < -0.3 is 9.80 Å². The van der Waals surface area contributed by atoms with Crippen LogP contribution in [0.15, 0.2) is 35.2 Å². The SMILES string of the molecule is CCN(CC)C(=O)C1CCCC(NS(=O)(=O)c2ccccc2)CN(C)C(=O)C1. The summed E-state index contributed by atoms with van der Waals surface area (Å²) in [6.07, 6.45) is 2.01. The average Bonchev–Trinajstić information content (AvgIpc) is 2.73. The molecule has 0 aromatic heterocycles. The van der Waals surface area contributed by atoms with Crippen LogP contribution >= 0.6 is 0 Å². The highest BCUT2D eigenvalue weighted by Gasteiger charge is 2.30. The minimum absolute atomic E-state index is 0.00932. The zero-order chi connectivity index (χ0) is 20.7. The van der Waals surface area contributed by atoms with Crippen LogP contribution in [0, 0.1) is 5.92 Å². The van der Waals surface area contributed by atoms with E-state index in [9.17, 15) is 18.0 Å². The lowest BCUT2D eigenvalue weighted by Crippen LogP contribution is -2.44. The van der Waals surface area contributed by atoms with E-state index in [-0.39, 0.29) is 41.6 Å².